The molecule has 1 aromatic heterocycles. The third-order valence-electron chi connectivity index (χ3n) is 4.83. The van der Waals surface area contributed by atoms with Crippen molar-refractivity contribution < 1.29 is 23.8 Å². The Bertz CT molecular complexity index is 962. The Hall–Kier alpha value is -2.27. The molecule has 33 heavy (non-hydrogen) atoms. The van der Waals surface area contributed by atoms with Gasteiger partial charge in [-0.25, -0.2) is 14.6 Å². The standard InChI is InChI=1S/C21H29N5O5S2/c1-19(2,3)30-17(27)26(18(28)31-20(4,5)6)16-23-21(12-29-8-7-13(21)10-33-16)15-9-14(11-32-15)24-25-22/h9,11,13H,7-8,10,12H2,1-6H3/t13-,21-/m0/s1. The normalized spacial score (nSPS) is 23.0. The van der Waals surface area contributed by atoms with Crippen molar-refractivity contribution in [3.05, 3.63) is 26.8 Å². The smallest absolute Gasteiger partial charge is 0.426 e. The molecule has 1 saturated heterocycles. The van der Waals surface area contributed by atoms with E-state index in [4.69, 9.17) is 24.7 Å². The van der Waals surface area contributed by atoms with Crippen molar-refractivity contribution in [2.24, 2.45) is 16.0 Å². The summed E-state index contributed by atoms with van der Waals surface area (Å²) < 4.78 is 16.8. The summed E-state index contributed by atoms with van der Waals surface area (Å²) in [5.74, 6) is 0.746. The quantitative estimate of drug-likeness (QED) is 0.273. The number of thiophene rings is 1. The number of imide groups is 1. The van der Waals surface area contributed by atoms with Gasteiger partial charge in [0.25, 0.3) is 0 Å². The lowest BCUT2D eigenvalue weighted by Crippen LogP contribution is -2.52. The summed E-state index contributed by atoms with van der Waals surface area (Å²) in [6.45, 7) is 11.2. The average molecular weight is 496 g/mol. The van der Waals surface area contributed by atoms with Crippen molar-refractivity contribution in [3.8, 4) is 0 Å². The number of amides is 2. The van der Waals surface area contributed by atoms with E-state index in [2.05, 4.69) is 10.0 Å². The minimum Gasteiger partial charge on any atom is -0.443 e. The molecule has 3 heterocycles. The molecule has 1 fully saturated rings. The Morgan fingerprint density at radius 1 is 1.24 bits per heavy atom. The van der Waals surface area contributed by atoms with Crippen molar-refractivity contribution in [1.82, 2.24) is 4.90 Å². The van der Waals surface area contributed by atoms with Crippen LogP contribution < -0.4 is 0 Å². The maximum atomic E-state index is 13.1. The number of amidine groups is 1. The van der Waals surface area contributed by atoms with Gasteiger partial charge in [-0.1, -0.05) is 16.9 Å². The van der Waals surface area contributed by atoms with Gasteiger partial charge in [0.15, 0.2) is 5.17 Å². The van der Waals surface area contributed by atoms with Crippen LogP contribution in [0.25, 0.3) is 10.4 Å². The minimum atomic E-state index is -0.853. The monoisotopic (exact) mass is 495 g/mol. The molecule has 2 aliphatic heterocycles. The molecular weight excluding hydrogens is 466 g/mol. The first kappa shape index (κ1) is 25.4. The van der Waals surface area contributed by atoms with Gasteiger partial charge in [-0.05, 0) is 59.6 Å². The predicted molar refractivity (Wildman–Crippen MR) is 128 cm³/mol. The Balaban J connectivity index is 2.08. The fraction of sp³-hybridized carbons (Fsp3) is 0.667. The number of carbonyl (C=O) groups is 2. The van der Waals surface area contributed by atoms with Crippen molar-refractivity contribution in [3.63, 3.8) is 0 Å². The Labute approximate surface area is 201 Å². The lowest BCUT2D eigenvalue weighted by atomic mass is 9.81. The van der Waals surface area contributed by atoms with Crippen LogP contribution in [-0.4, -0.2) is 52.4 Å². The van der Waals surface area contributed by atoms with Crippen LogP contribution in [0.5, 0.6) is 0 Å². The maximum Gasteiger partial charge on any atom is 0.426 e. The summed E-state index contributed by atoms with van der Waals surface area (Å²) in [6, 6.07) is 1.79. The molecule has 3 rings (SSSR count). The molecule has 0 aromatic carbocycles. The van der Waals surface area contributed by atoms with Crippen LogP contribution in [0, 0.1) is 5.92 Å². The third kappa shape index (κ3) is 6.00. The van der Waals surface area contributed by atoms with Crippen LogP contribution in [0.15, 0.2) is 21.6 Å². The van der Waals surface area contributed by atoms with E-state index in [0.717, 1.165) is 16.2 Å². The van der Waals surface area contributed by atoms with Crippen LogP contribution >= 0.6 is 23.1 Å². The third-order valence-corrected chi connectivity index (χ3v) is 7.02. The van der Waals surface area contributed by atoms with Gasteiger partial charge in [0.2, 0.25) is 0 Å². The van der Waals surface area contributed by atoms with Gasteiger partial charge >= 0.3 is 12.2 Å². The minimum absolute atomic E-state index is 0.122. The summed E-state index contributed by atoms with van der Waals surface area (Å²) >= 11 is 2.73. The molecule has 1 aromatic rings. The van der Waals surface area contributed by atoms with Gasteiger partial charge in [-0.15, -0.1) is 11.3 Å². The van der Waals surface area contributed by atoms with E-state index in [1.165, 1.54) is 23.1 Å². The molecule has 2 atom stereocenters. The summed E-state index contributed by atoms with van der Waals surface area (Å²) in [6.07, 6.45) is -0.930. The second-order valence-corrected chi connectivity index (χ2v) is 11.7. The van der Waals surface area contributed by atoms with E-state index in [0.29, 0.717) is 18.0 Å². The lowest BCUT2D eigenvalue weighted by molar-refractivity contribution is 0.00288. The van der Waals surface area contributed by atoms with E-state index in [-0.39, 0.29) is 17.7 Å². The molecule has 2 aliphatic rings. The Morgan fingerprint density at radius 3 is 2.45 bits per heavy atom. The number of ether oxygens (including phenoxy) is 3. The summed E-state index contributed by atoms with van der Waals surface area (Å²) in [4.78, 5) is 35.7. The Morgan fingerprint density at radius 2 is 1.88 bits per heavy atom. The molecule has 0 radical (unpaired) electrons. The highest BCUT2D eigenvalue weighted by atomic mass is 32.2. The van der Waals surface area contributed by atoms with Crippen molar-refractivity contribution in [1.29, 1.82) is 0 Å². The zero-order valence-electron chi connectivity index (χ0n) is 19.7. The molecular formula is C21H29N5O5S2. The molecule has 10 nitrogen and oxygen atoms in total. The molecule has 2 amide bonds. The number of hydrogen-bond acceptors (Lipinski definition) is 9. The molecule has 0 bridgehead atoms. The van der Waals surface area contributed by atoms with Gasteiger partial charge in [0, 0.05) is 39.1 Å². The van der Waals surface area contributed by atoms with Gasteiger partial charge in [0.05, 0.1) is 6.61 Å². The average Bonchev–Trinajstić information content (AvgIpc) is 3.15. The highest BCUT2D eigenvalue weighted by Crippen LogP contribution is 2.48. The highest BCUT2D eigenvalue weighted by molar-refractivity contribution is 8.13. The van der Waals surface area contributed by atoms with Gasteiger partial charge in [-0.3, -0.25) is 0 Å². The number of azide groups is 1. The molecule has 0 aliphatic carbocycles. The molecule has 0 spiro atoms. The second kappa shape index (κ2) is 9.54. The summed E-state index contributed by atoms with van der Waals surface area (Å²) in [5, 5.41) is 5.63. The zero-order valence-corrected chi connectivity index (χ0v) is 21.3. The largest absolute Gasteiger partial charge is 0.443 e. The van der Waals surface area contributed by atoms with Crippen LogP contribution in [0.1, 0.15) is 52.8 Å². The van der Waals surface area contributed by atoms with Crippen LogP contribution in [-0.2, 0) is 19.7 Å². The maximum absolute atomic E-state index is 13.1. The van der Waals surface area contributed by atoms with Crippen LogP contribution in [0.3, 0.4) is 0 Å². The summed E-state index contributed by atoms with van der Waals surface area (Å²) in [5.41, 5.74) is 6.84. The number of fused-ring (bicyclic) bond motifs is 1. The van der Waals surface area contributed by atoms with E-state index in [1.807, 2.05) is 0 Å². The molecule has 180 valence electrons. The molecule has 0 N–H and O–H groups in total. The van der Waals surface area contributed by atoms with E-state index >= 15 is 0 Å². The topological polar surface area (TPSA) is 126 Å². The van der Waals surface area contributed by atoms with Crippen molar-refractivity contribution >= 4 is 46.1 Å². The van der Waals surface area contributed by atoms with Crippen molar-refractivity contribution in [2.75, 3.05) is 19.0 Å². The first-order chi connectivity index (χ1) is 15.3. The fourth-order valence-electron chi connectivity index (χ4n) is 3.48. The number of hydrogen-bond donors (Lipinski definition) is 0. The van der Waals surface area contributed by atoms with Crippen LogP contribution in [0.4, 0.5) is 15.3 Å². The van der Waals surface area contributed by atoms with E-state index < -0.39 is 28.9 Å². The molecule has 0 saturated carbocycles. The zero-order chi connectivity index (χ0) is 24.4. The number of aliphatic imine (C=N–C) groups is 1. The molecule has 12 heteroatoms. The number of nitrogens with zero attached hydrogens (tertiary/aromatic N) is 5. The number of thioether (sulfide) groups is 1. The van der Waals surface area contributed by atoms with Crippen LogP contribution in [0.2, 0.25) is 0 Å². The number of rotatable bonds is 2. The predicted octanol–water partition coefficient (Wildman–Crippen LogP) is 6.20. The number of carbonyl (C=O) groups excluding carboxylic acids is 2. The second-order valence-electron chi connectivity index (χ2n) is 9.82. The Kier molecular flexibility index (Phi) is 7.33. The first-order valence-corrected chi connectivity index (χ1v) is 12.4. The fourth-order valence-corrected chi connectivity index (χ4v) is 5.80. The van der Waals surface area contributed by atoms with Crippen molar-refractivity contribution in [2.45, 2.75) is 64.7 Å². The van der Waals surface area contributed by atoms with Gasteiger partial charge in [-0.2, -0.15) is 4.90 Å². The highest BCUT2D eigenvalue weighted by Gasteiger charge is 2.49. The van der Waals surface area contributed by atoms with E-state index in [1.54, 1.807) is 53.0 Å². The van der Waals surface area contributed by atoms with Gasteiger partial charge < -0.3 is 14.2 Å². The lowest BCUT2D eigenvalue weighted by Gasteiger charge is -2.44. The first-order valence-electron chi connectivity index (χ1n) is 10.6. The molecule has 0 unspecified atom stereocenters. The van der Waals surface area contributed by atoms with Gasteiger partial charge in [0.1, 0.15) is 16.7 Å². The van der Waals surface area contributed by atoms with E-state index in [9.17, 15) is 9.59 Å². The summed E-state index contributed by atoms with van der Waals surface area (Å²) in [7, 11) is 0. The SMILES string of the molecule is CC(C)(C)OC(=O)N(C(=O)OC(C)(C)C)C1=N[C@@]2(c3cc(N=[N+]=[N-])cs3)COCC[C@H]2CS1.